The number of rotatable bonds is 6. The average molecular weight is 380 g/mol. The number of aromatic nitrogens is 1. The van der Waals surface area contributed by atoms with Crippen molar-refractivity contribution in [3.8, 4) is 10.4 Å². The first-order valence-corrected chi connectivity index (χ1v) is 10.4. The van der Waals surface area contributed by atoms with Crippen LogP contribution in [0.2, 0.25) is 0 Å². The van der Waals surface area contributed by atoms with Gasteiger partial charge in [0.25, 0.3) is 0 Å². The van der Waals surface area contributed by atoms with Crippen LogP contribution in [0.15, 0.2) is 71.9 Å². The number of hydrogen-bond donors (Lipinski definition) is 1. The molecule has 1 aromatic heterocycles. The van der Waals surface area contributed by atoms with Gasteiger partial charge in [-0.25, -0.2) is 4.98 Å². The zero-order valence-corrected chi connectivity index (χ0v) is 16.3. The average Bonchev–Trinajstić information content (AvgIpc) is 3.31. The van der Waals surface area contributed by atoms with Crippen molar-refractivity contribution in [3.63, 3.8) is 0 Å². The highest BCUT2D eigenvalue weighted by Crippen LogP contribution is 2.31. The van der Waals surface area contributed by atoms with Gasteiger partial charge in [0.05, 0.1) is 10.8 Å². The minimum Gasteiger partial charge on any atom is -0.363 e. The molecule has 3 nitrogen and oxygen atoms in total. The summed E-state index contributed by atoms with van der Waals surface area (Å²) in [4.78, 5) is 9.43. The molecule has 0 spiro atoms. The zero-order valence-electron chi connectivity index (χ0n) is 14.7. The molecule has 0 saturated heterocycles. The second-order valence-electron chi connectivity index (χ2n) is 6.35. The third-order valence-electron chi connectivity index (χ3n) is 4.23. The Morgan fingerprint density at radius 3 is 2.69 bits per heavy atom. The molecule has 0 amide bonds. The topological polar surface area (TPSA) is 28.2 Å². The van der Waals surface area contributed by atoms with Gasteiger partial charge >= 0.3 is 0 Å². The number of hydrogen-bond acceptors (Lipinski definition) is 5. The third kappa shape index (κ3) is 4.29. The van der Waals surface area contributed by atoms with E-state index in [9.17, 15) is 0 Å². The SMILES string of the molecule is Cc1ccc(-c2cnc(NCC3=CN(Cc4ccccc4)CS3)s2)cc1. The monoisotopic (exact) mass is 379 g/mol. The lowest BCUT2D eigenvalue weighted by Gasteiger charge is -2.13. The summed E-state index contributed by atoms with van der Waals surface area (Å²) in [5, 5.41) is 4.44. The quantitative estimate of drug-likeness (QED) is 0.605. The lowest BCUT2D eigenvalue weighted by molar-refractivity contribution is 0.440. The van der Waals surface area contributed by atoms with E-state index in [4.69, 9.17) is 0 Å². The molecule has 2 aromatic carbocycles. The molecule has 1 N–H and O–H groups in total. The van der Waals surface area contributed by atoms with Crippen LogP contribution in [0.25, 0.3) is 10.4 Å². The van der Waals surface area contributed by atoms with Gasteiger partial charge in [-0.1, -0.05) is 71.5 Å². The van der Waals surface area contributed by atoms with E-state index in [2.05, 4.69) is 82.9 Å². The summed E-state index contributed by atoms with van der Waals surface area (Å²) in [5.41, 5.74) is 3.85. The highest BCUT2D eigenvalue weighted by atomic mass is 32.2. The van der Waals surface area contributed by atoms with E-state index in [0.29, 0.717) is 0 Å². The van der Waals surface area contributed by atoms with Crippen LogP contribution >= 0.6 is 23.1 Å². The zero-order chi connectivity index (χ0) is 17.8. The first-order chi connectivity index (χ1) is 12.8. The summed E-state index contributed by atoms with van der Waals surface area (Å²) in [6.45, 7) is 3.90. The third-order valence-corrected chi connectivity index (χ3v) is 6.31. The maximum atomic E-state index is 4.52. The maximum absolute atomic E-state index is 4.52. The van der Waals surface area contributed by atoms with E-state index in [1.807, 2.05) is 18.0 Å². The number of nitrogens with one attached hydrogen (secondary N) is 1. The fourth-order valence-electron chi connectivity index (χ4n) is 2.82. The van der Waals surface area contributed by atoms with E-state index >= 15 is 0 Å². The Balaban J connectivity index is 1.33. The van der Waals surface area contributed by atoms with Crippen LogP contribution in [0.3, 0.4) is 0 Å². The maximum Gasteiger partial charge on any atom is 0.183 e. The van der Waals surface area contributed by atoms with Crippen molar-refractivity contribution in [1.82, 2.24) is 9.88 Å². The molecule has 0 saturated carbocycles. The number of nitrogens with zero attached hydrogens (tertiary/aromatic N) is 2. The van der Waals surface area contributed by atoms with Gasteiger partial charge < -0.3 is 10.2 Å². The smallest absolute Gasteiger partial charge is 0.183 e. The summed E-state index contributed by atoms with van der Waals surface area (Å²) >= 11 is 3.60. The standard InChI is InChI=1S/C21H21N3S2/c1-16-7-9-18(10-8-16)20-12-23-21(26-20)22-11-19-14-24(15-25-19)13-17-5-3-2-4-6-17/h2-10,12,14H,11,13,15H2,1H3,(H,22,23). The lowest BCUT2D eigenvalue weighted by atomic mass is 10.1. The first-order valence-electron chi connectivity index (χ1n) is 8.64. The Kier molecular flexibility index (Phi) is 5.27. The van der Waals surface area contributed by atoms with Crippen molar-refractivity contribution >= 4 is 28.2 Å². The van der Waals surface area contributed by atoms with Crippen molar-refractivity contribution in [2.24, 2.45) is 0 Å². The summed E-state index contributed by atoms with van der Waals surface area (Å²) in [6, 6.07) is 19.2. The van der Waals surface area contributed by atoms with E-state index in [1.54, 1.807) is 11.3 Å². The Morgan fingerprint density at radius 2 is 1.88 bits per heavy atom. The Morgan fingerprint density at radius 1 is 1.08 bits per heavy atom. The molecule has 0 unspecified atom stereocenters. The second-order valence-corrected chi connectivity index (χ2v) is 8.45. The molecule has 0 atom stereocenters. The molecule has 0 bridgehead atoms. The van der Waals surface area contributed by atoms with E-state index < -0.39 is 0 Å². The van der Waals surface area contributed by atoms with Crippen molar-refractivity contribution in [1.29, 1.82) is 0 Å². The summed E-state index contributed by atoms with van der Waals surface area (Å²) in [7, 11) is 0. The molecule has 2 heterocycles. The minimum atomic E-state index is 0.830. The minimum absolute atomic E-state index is 0.830. The highest BCUT2D eigenvalue weighted by molar-refractivity contribution is 8.03. The molecule has 132 valence electrons. The van der Waals surface area contributed by atoms with E-state index in [0.717, 1.165) is 24.1 Å². The summed E-state index contributed by atoms with van der Waals surface area (Å²) in [5.74, 6) is 1.01. The van der Waals surface area contributed by atoms with Crippen molar-refractivity contribution in [3.05, 3.63) is 83.0 Å². The van der Waals surface area contributed by atoms with Gasteiger partial charge in [-0.05, 0) is 18.1 Å². The Hall–Kier alpha value is -2.24. The molecule has 0 aliphatic carbocycles. The van der Waals surface area contributed by atoms with Crippen molar-refractivity contribution in [2.45, 2.75) is 13.5 Å². The fraction of sp³-hybridized carbons (Fsp3) is 0.190. The number of benzene rings is 2. The van der Waals surface area contributed by atoms with Gasteiger partial charge in [-0.3, -0.25) is 0 Å². The molecule has 5 heteroatoms. The highest BCUT2D eigenvalue weighted by Gasteiger charge is 2.14. The summed E-state index contributed by atoms with van der Waals surface area (Å²) in [6.07, 6.45) is 4.22. The molecule has 1 aliphatic rings. The number of thiazole rings is 1. The second kappa shape index (κ2) is 7.98. The van der Waals surface area contributed by atoms with Crippen LogP contribution in [-0.2, 0) is 6.54 Å². The molecule has 0 radical (unpaired) electrons. The predicted octanol–water partition coefficient (Wildman–Crippen LogP) is 5.58. The normalized spacial score (nSPS) is 13.7. The van der Waals surface area contributed by atoms with Crippen LogP contribution in [0, 0.1) is 6.92 Å². The Bertz CT molecular complexity index is 885. The fourth-order valence-corrected chi connectivity index (χ4v) is 4.53. The van der Waals surface area contributed by atoms with Gasteiger partial charge in [0.15, 0.2) is 5.13 Å². The number of aryl methyl sites for hydroxylation is 1. The first kappa shape index (κ1) is 17.2. The van der Waals surface area contributed by atoms with Crippen LogP contribution in [-0.4, -0.2) is 22.3 Å². The van der Waals surface area contributed by atoms with Gasteiger partial charge in [0.2, 0.25) is 0 Å². The molecule has 26 heavy (non-hydrogen) atoms. The van der Waals surface area contributed by atoms with Crippen LogP contribution in [0.5, 0.6) is 0 Å². The summed E-state index contributed by atoms with van der Waals surface area (Å²) < 4.78 is 0. The van der Waals surface area contributed by atoms with Gasteiger partial charge in [0, 0.05) is 30.4 Å². The van der Waals surface area contributed by atoms with Gasteiger partial charge in [-0.2, -0.15) is 0 Å². The van der Waals surface area contributed by atoms with Crippen LogP contribution in [0.1, 0.15) is 11.1 Å². The molecule has 1 aliphatic heterocycles. The lowest BCUT2D eigenvalue weighted by Crippen LogP contribution is -2.12. The van der Waals surface area contributed by atoms with Crippen molar-refractivity contribution < 1.29 is 0 Å². The molecule has 0 fully saturated rings. The largest absolute Gasteiger partial charge is 0.363 e. The Labute approximate surface area is 162 Å². The molecule has 4 rings (SSSR count). The van der Waals surface area contributed by atoms with Gasteiger partial charge in [-0.15, -0.1) is 11.8 Å². The molecule has 3 aromatic rings. The predicted molar refractivity (Wildman–Crippen MR) is 113 cm³/mol. The van der Waals surface area contributed by atoms with Crippen molar-refractivity contribution in [2.75, 3.05) is 17.7 Å². The van der Waals surface area contributed by atoms with Gasteiger partial charge in [0.1, 0.15) is 0 Å². The van der Waals surface area contributed by atoms with Crippen LogP contribution < -0.4 is 5.32 Å². The molecular weight excluding hydrogens is 358 g/mol. The molecular formula is C21H21N3S2. The number of anilines is 1. The number of thioether (sulfide) groups is 1. The van der Waals surface area contributed by atoms with E-state index in [-0.39, 0.29) is 0 Å². The van der Waals surface area contributed by atoms with E-state index in [1.165, 1.54) is 26.5 Å². The van der Waals surface area contributed by atoms with Crippen LogP contribution in [0.4, 0.5) is 5.13 Å².